The first-order valence-corrected chi connectivity index (χ1v) is 5.92. The number of likely N-dealkylation sites (tertiary alicyclic amines) is 1. The van der Waals surface area contributed by atoms with E-state index >= 15 is 0 Å². The predicted molar refractivity (Wildman–Crippen MR) is 59.0 cm³/mol. The van der Waals surface area contributed by atoms with E-state index in [0.717, 1.165) is 12.8 Å². The molecule has 1 unspecified atom stereocenters. The van der Waals surface area contributed by atoms with Gasteiger partial charge in [-0.05, 0) is 6.42 Å². The Hall–Kier alpha value is -0.650. The van der Waals surface area contributed by atoms with Crippen LogP contribution in [0.5, 0.6) is 0 Å². The SMILES string of the molecule is CCCC1(N)CN(C(=O)C2COCCO2)C1. The molecule has 0 aliphatic carbocycles. The Kier molecular flexibility index (Phi) is 3.47. The maximum Gasteiger partial charge on any atom is 0.254 e. The van der Waals surface area contributed by atoms with E-state index in [-0.39, 0.29) is 11.4 Å². The Morgan fingerprint density at radius 3 is 2.81 bits per heavy atom. The molecule has 1 amide bonds. The summed E-state index contributed by atoms with van der Waals surface area (Å²) in [6, 6.07) is 0. The lowest BCUT2D eigenvalue weighted by molar-refractivity contribution is -0.165. The second kappa shape index (κ2) is 4.69. The monoisotopic (exact) mass is 228 g/mol. The number of hydrogen-bond acceptors (Lipinski definition) is 4. The van der Waals surface area contributed by atoms with Gasteiger partial charge in [0.1, 0.15) is 0 Å². The molecular weight excluding hydrogens is 208 g/mol. The van der Waals surface area contributed by atoms with Crippen LogP contribution in [0.25, 0.3) is 0 Å². The third kappa shape index (κ3) is 2.36. The lowest BCUT2D eigenvalue weighted by Crippen LogP contribution is -2.70. The van der Waals surface area contributed by atoms with Gasteiger partial charge in [-0.1, -0.05) is 13.3 Å². The summed E-state index contributed by atoms with van der Waals surface area (Å²) in [4.78, 5) is 13.7. The van der Waals surface area contributed by atoms with Gasteiger partial charge < -0.3 is 20.1 Å². The minimum Gasteiger partial charge on any atom is -0.376 e. The molecule has 2 heterocycles. The van der Waals surface area contributed by atoms with E-state index in [4.69, 9.17) is 15.2 Å². The molecule has 16 heavy (non-hydrogen) atoms. The predicted octanol–water partition coefficient (Wildman–Crippen LogP) is -0.258. The minimum atomic E-state index is -0.417. The summed E-state index contributed by atoms with van der Waals surface area (Å²) >= 11 is 0. The van der Waals surface area contributed by atoms with Crippen LogP contribution in [-0.4, -0.2) is 55.4 Å². The highest BCUT2D eigenvalue weighted by molar-refractivity contribution is 5.82. The first-order chi connectivity index (χ1) is 7.64. The van der Waals surface area contributed by atoms with Gasteiger partial charge in [-0.2, -0.15) is 0 Å². The van der Waals surface area contributed by atoms with Crippen molar-refractivity contribution in [1.82, 2.24) is 4.90 Å². The van der Waals surface area contributed by atoms with Crippen molar-refractivity contribution in [1.29, 1.82) is 0 Å². The van der Waals surface area contributed by atoms with Crippen LogP contribution in [0, 0.1) is 0 Å². The van der Waals surface area contributed by atoms with Crippen molar-refractivity contribution in [2.45, 2.75) is 31.4 Å². The molecular formula is C11H20N2O3. The molecule has 0 saturated carbocycles. The maximum absolute atomic E-state index is 11.9. The zero-order chi connectivity index (χ0) is 11.6. The maximum atomic E-state index is 11.9. The van der Waals surface area contributed by atoms with Crippen molar-refractivity contribution in [2.75, 3.05) is 32.9 Å². The Morgan fingerprint density at radius 1 is 1.50 bits per heavy atom. The molecule has 2 aliphatic rings. The molecule has 5 heteroatoms. The van der Waals surface area contributed by atoms with E-state index in [2.05, 4.69) is 6.92 Å². The molecule has 2 saturated heterocycles. The topological polar surface area (TPSA) is 64.8 Å². The van der Waals surface area contributed by atoms with Gasteiger partial charge in [-0.3, -0.25) is 4.79 Å². The molecule has 0 spiro atoms. The van der Waals surface area contributed by atoms with Gasteiger partial charge in [0.05, 0.1) is 25.4 Å². The number of amides is 1. The van der Waals surface area contributed by atoms with Gasteiger partial charge >= 0.3 is 0 Å². The van der Waals surface area contributed by atoms with Gasteiger partial charge in [0.2, 0.25) is 0 Å². The fraction of sp³-hybridized carbons (Fsp3) is 0.909. The minimum absolute atomic E-state index is 0.0249. The van der Waals surface area contributed by atoms with E-state index in [9.17, 15) is 4.79 Å². The second-order valence-corrected chi connectivity index (χ2v) is 4.74. The zero-order valence-electron chi connectivity index (χ0n) is 9.78. The standard InChI is InChI=1S/C11H20N2O3/c1-2-3-11(12)7-13(8-11)10(14)9-6-15-4-5-16-9/h9H,2-8,12H2,1H3. The van der Waals surface area contributed by atoms with E-state index in [1.165, 1.54) is 0 Å². The molecule has 2 aliphatic heterocycles. The molecule has 0 aromatic heterocycles. The second-order valence-electron chi connectivity index (χ2n) is 4.74. The molecule has 2 rings (SSSR count). The third-order valence-corrected chi connectivity index (χ3v) is 3.16. The molecule has 2 fully saturated rings. The van der Waals surface area contributed by atoms with Crippen LogP contribution >= 0.6 is 0 Å². The fourth-order valence-corrected chi connectivity index (χ4v) is 2.36. The number of rotatable bonds is 3. The van der Waals surface area contributed by atoms with Gasteiger partial charge in [0.15, 0.2) is 6.10 Å². The molecule has 1 atom stereocenters. The van der Waals surface area contributed by atoms with Crippen LogP contribution in [0.4, 0.5) is 0 Å². The first-order valence-electron chi connectivity index (χ1n) is 5.92. The van der Waals surface area contributed by atoms with Gasteiger partial charge in [0.25, 0.3) is 5.91 Å². The van der Waals surface area contributed by atoms with Crippen LogP contribution in [0.2, 0.25) is 0 Å². The number of nitrogens with zero attached hydrogens (tertiary/aromatic N) is 1. The molecule has 0 aromatic rings. The Bertz CT molecular complexity index is 258. The first kappa shape index (κ1) is 11.8. The van der Waals surface area contributed by atoms with Crippen molar-refractivity contribution in [3.8, 4) is 0 Å². The zero-order valence-corrected chi connectivity index (χ0v) is 9.78. The van der Waals surface area contributed by atoms with E-state index in [0.29, 0.717) is 32.9 Å². The summed E-state index contributed by atoms with van der Waals surface area (Å²) in [5.74, 6) is 0.0249. The lowest BCUT2D eigenvalue weighted by Gasteiger charge is -2.48. The number of hydrogen-bond donors (Lipinski definition) is 1. The van der Waals surface area contributed by atoms with Crippen molar-refractivity contribution < 1.29 is 14.3 Å². The number of nitrogens with two attached hydrogens (primary N) is 1. The van der Waals surface area contributed by atoms with Gasteiger partial charge in [0, 0.05) is 13.1 Å². The molecule has 5 nitrogen and oxygen atoms in total. The summed E-state index contributed by atoms with van der Waals surface area (Å²) in [6.07, 6.45) is 1.61. The van der Waals surface area contributed by atoms with Crippen molar-refractivity contribution in [2.24, 2.45) is 5.73 Å². The van der Waals surface area contributed by atoms with Crippen LogP contribution < -0.4 is 5.73 Å². The van der Waals surface area contributed by atoms with Crippen LogP contribution in [-0.2, 0) is 14.3 Å². The van der Waals surface area contributed by atoms with Crippen molar-refractivity contribution >= 4 is 5.91 Å². The van der Waals surface area contributed by atoms with Gasteiger partial charge in [-0.15, -0.1) is 0 Å². The van der Waals surface area contributed by atoms with Gasteiger partial charge in [-0.25, -0.2) is 0 Å². The number of ether oxygens (including phenoxy) is 2. The molecule has 0 bridgehead atoms. The Labute approximate surface area is 95.9 Å². The summed E-state index contributed by atoms with van der Waals surface area (Å²) in [5.41, 5.74) is 5.94. The summed E-state index contributed by atoms with van der Waals surface area (Å²) in [7, 11) is 0. The van der Waals surface area contributed by atoms with Crippen LogP contribution in [0.15, 0.2) is 0 Å². The highest BCUT2D eigenvalue weighted by Crippen LogP contribution is 2.24. The average molecular weight is 228 g/mol. The Balaban J connectivity index is 1.80. The number of carbonyl (C=O) groups excluding carboxylic acids is 1. The average Bonchev–Trinajstić information content (AvgIpc) is 2.26. The molecule has 0 aromatic carbocycles. The fourth-order valence-electron chi connectivity index (χ4n) is 2.36. The van der Waals surface area contributed by atoms with E-state index < -0.39 is 6.10 Å². The van der Waals surface area contributed by atoms with Crippen LogP contribution in [0.3, 0.4) is 0 Å². The quantitative estimate of drug-likeness (QED) is 0.723. The van der Waals surface area contributed by atoms with Crippen molar-refractivity contribution in [3.05, 3.63) is 0 Å². The van der Waals surface area contributed by atoms with E-state index in [1.54, 1.807) is 4.90 Å². The summed E-state index contributed by atoms with van der Waals surface area (Å²) in [5, 5.41) is 0. The largest absolute Gasteiger partial charge is 0.376 e. The summed E-state index contributed by atoms with van der Waals surface area (Å²) in [6.45, 7) is 4.88. The molecule has 0 radical (unpaired) electrons. The highest BCUT2D eigenvalue weighted by Gasteiger charge is 2.43. The van der Waals surface area contributed by atoms with Crippen molar-refractivity contribution in [3.63, 3.8) is 0 Å². The third-order valence-electron chi connectivity index (χ3n) is 3.16. The van der Waals surface area contributed by atoms with E-state index in [1.807, 2.05) is 0 Å². The lowest BCUT2D eigenvalue weighted by atomic mass is 9.86. The molecule has 92 valence electrons. The Morgan fingerprint density at radius 2 is 2.25 bits per heavy atom. The van der Waals surface area contributed by atoms with Crippen LogP contribution in [0.1, 0.15) is 19.8 Å². The number of carbonyl (C=O) groups is 1. The molecule has 2 N–H and O–H groups in total. The summed E-state index contributed by atoms with van der Waals surface area (Å²) < 4.78 is 10.6. The highest BCUT2D eigenvalue weighted by atomic mass is 16.6. The smallest absolute Gasteiger partial charge is 0.254 e. The normalized spacial score (nSPS) is 28.6.